The van der Waals surface area contributed by atoms with Gasteiger partial charge in [0.25, 0.3) is 5.91 Å². The second-order valence-electron chi connectivity index (χ2n) is 8.30. The lowest BCUT2D eigenvalue weighted by Crippen LogP contribution is -2.27. The van der Waals surface area contributed by atoms with Gasteiger partial charge in [-0.1, -0.05) is 51.1 Å². The zero-order chi connectivity index (χ0) is 21.1. The van der Waals surface area contributed by atoms with Crippen LogP contribution in [0.4, 0.5) is 0 Å². The van der Waals surface area contributed by atoms with E-state index in [0.717, 1.165) is 46.8 Å². The summed E-state index contributed by atoms with van der Waals surface area (Å²) in [5.74, 6) is 0.818. The molecule has 2 unspecified atom stereocenters. The number of rotatable bonds is 7. The van der Waals surface area contributed by atoms with Gasteiger partial charge in [0, 0.05) is 18.7 Å². The van der Waals surface area contributed by atoms with Crippen LogP contribution in [0.5, 0.6) is 0 Å². The maximum Gasteiger partial charge on any atom is 0.280 e. The molecule has 0 spiro atoms. The number of nitrogens with one attached hydrogen (secondary N) is 1. The summed E-state index contributed by atoms with van der Waals surface area (Å²) in [4.78, 5) is 22.3. The molecule has 1 aliphatic heterocycles. The summed E-state index contributed by atoms with van der Waals surface area (Å²) in [5.41, 5.74) is 4.50. The molecule has 1 aromatic carbocycles. The van der Waals surface area contributed by atoms with Crippen molar-refractivity contribution < 1.29 is 4.79 Å². The molecule has 0 fully saturated rings. The third-order valence-corrected chi connectivity index (χ3v) is 7.10. The van der Waals surface area contributed by atoms with Crippen LogP contribution >= 0.6 is 11.3 Å². The van der Waals surface area contributed by atoms with Gasteiger partial charge in [-0.3, -0.25) is 9.79 Å². The van der Waals surface area contributed by atoms with Gasteiger partial charge in [-0.15, -0.1) is 11.3 Å². The van der Waals surface area contributed by atoms with Crippen LogP contribution in [0.25, 0.3) is 11.8 Å². The van der Waals surface area contributed by atoms with Crippen LogP contribution in [-0.4, -0.2) is 23.7 Å². The van der Waals surface area contributed by atoms with E-state index in [0.29, 0.717) is 17.5 Å². The van der Waals surface area contributed by atoms with Gasteiger partial charge in [0.15, 0.2) is 5.01 Å². The molecule has 1 N–H and O–H groups in total. The average Bonchev–Trinajstić information content (AvgIpc) is 3.33. The normalized spacial score (nSPS) is 18.4. The minimum absolute atomic E-state index is 0.0913. The summed E-state index contributed by atoms with van der Waals surface area (Å²) >= 11 is 1.43. The van der Waals surface area contributed by atoms with Crippen molar-refractivity contribution in [1.82, 2.24) is 10.3 Å². The molecule has 5 heteroatoms. The molecule has 0 radical (unpaired) electrons. The zero-order valence-electron chi connectivity index (χ0n) is 17.8. The summed E-state index contributed by atoms with van der Waals surface area (Å²) in [6.45, 7) is 9.22. The fraction of sp³-hybridized carbons (Fsp3) is 0.400. The van der Waals surface area contributed by atoms with E-state index in [1.807, 2.05) is 12.3 Å². The Morgan fingerprint density at radius 2 is 2.20 bits per heavy atom. The summed E-state index contributed by atoms with van der Waals surface area (Å²) in [6.07, 6.45) is 9.18. The van der Waals surface area contributed by atoms with E-state index in [1.165, 1.54) is 28.9 Å². The van der Waals surface area contributed by atoms with Crippen LogP contribution in [0.2, 0.25) is 0 Å². The first-order chi connectivity index (χ1) is 14.6. The monoisotopic (exact) mass is 419 g/mol. The lowest BCUT2D eigenvalue weighted by molar-refractivity contribution is 0.0952. The molecular formula is C25H29N3OS. The van der Waals surface area contributed by atoms with Crippen LogP contribution in [0.1, 0.15) is 66.4 Å². The molecule has 0 saturated heterocycles. The van der Waals surface area contributed by atoms with Gasteiger partial charge in [-0.2, -0.15) is 0 Å². The zero-order valence-corrected chi connectivity index (χ0v) is 18.6. The highest BCUT2D eigenvalue weighted by molar-refractivity contribution is 7.11. The van der Waals surface area contributed by atoms with Gasteiger partial charge >= 0.3 is 0 Å². The smallest absolute Gasteiger partial charge is 0.280 e. The predicted molar refractivity (Wildman–Crippen MR) is 125 cm³/mol. The Balaban J connectivity index is 1.63. The topological polar surface area (TPSA) is 54.4 Å². The van der Waals surface area contributed by atoms with Gasteiger partial charge in [-0.25, -0.2) is 4.98 Å². The molecule has 156 valence electrons. The number of aryl methyl sites for hydroxylation is 1. The highest BCUT2D eigenvalue weighted by Crippen LogP contribution is 2.38. The van der Waals surface area contributed by atoms with Crippen LogP contribution < -0.4 is 15.2 Å². The molecule has 30 heavy (non-hydrogen) atoms. The van der Waals surface area contributed by atoms with Crippen LogP contribution in [-0.2, 0) is 6.42 Å². The minimum atomic E-state index is -0.0913. The van der Waals surface area contributed by atoms with Crippen molar-refractivity contribution in [1.29, 1.82) is 0 Å². The van der Waals surface area contributed by atoms with Gasteiger partial charge in [0.1, 0.15) is 5.35 Å². The standard InChI is InChI=1S/C25H29N3OS/c1-4-16(2)8-7-13-26-24(29)25-28-23-21(30-25)14-17(3)15-27-22(23)20-12-11-18-9-5-6-10-19(18)20/h5-6,9-10,14-16,20H,3-4,7-8,11-13H2,1-2H3,(H,26,29). The molecule has 2 aromatic rings. The van der Waals surface area contributed by atoms with Gasteiger partial charge in [-0.05, 0) is 54.4 Å². The first-order valence-electron chi connectivity index (χ1n) is 10.9. The first-order valence-corrected chi connectivity index (χ1v) is 11.7. The van der Waals surface area contributed by atoms with Gasteiger partial charge in [0.05, 0.1) is 10.2 Å². The fourth-order valence-corrected chi connectivity index (χ4v) is 5.13. The fourth-order valence-electron chi connectivity index (χ4n) is 4.16. The number of amides is 1. The predicted octanol–water partition coefficient (Wildman–Crippen LogP) is 3.96. The largest absolute Gasteiger partial charge is 0.350 e. The van der Waals surface area contributed by atoms with E-state index in [-0.39, 0.29) is 11.8 Å². The Labute approximate surface area is 182 Å². The molecule has 0 saturated carbocycles. The summed E-state index contributed by atoms with van der Waals surface area (Å²) in [5, 5.41) is 4.38. The Bertz CT molecular complexity index is 1110. The molecule has 4 rings (SSSR count). The highest BCUT2D eigenvalue weighted by Gasteiger charge is 2.27. The first kappa shape index (κ1) is 20.7. The molecule has 4 nitrogen and oxygen atoms in total. The third-order valence-electron chi connectivity index (χ3n) is 6.10. The van der Waals surface area contributed by atoms with Gasteiger partial charge in [0.2, 0.25) is 0 Å². The second-order valence-corrected chi connectivity index (χ2v) is 9.33. The number of hydrogen-bond donors (Lipinski definition) is 1. The van der Waals surface area contributed by atoms with Crippen LogP contribution in [0.15, 0.2) is 41.4 Å². The lowest BCUT2D eigenvalue weighted by Gasteiger charge is -2.11. The molecule has 1 aromatic heterocycles. The van der Waals surface area contributed by atoms with E-state index in [9.17, 15) is 4.79 Å². The Hall–Kier alpha value is -2.53. The summed E-state index contributed by atoms with van der Waals surface area (Å²) in [7, 11) is 0. The Morgan fingerprint density at radius 1 is 1.37 bits per heavy atom. The molecule has 1 aliphatic carbocycles. The SMILES string of the molecule is C=C1C=NC(C2CCc3ccccc32)=c2nc(C(=O)NCCCC(C)CC)sc2=C1. The van der Waals surface area contributed by atoms with Crippen molar-refractivity contribution in [2.75, 3.05) is 6.54 Å². The molecule has 2 aliphatic rings. The number of aromatic nitrogens is 1. The van der Waals surface area contributed by atoms with Crippen molar-refractivity contribution in [3.05, 3.63) is 62.4 Å². The average molecular weight is 420 g/mol. The molecule has 2 atom stereocenters. The van der Waals surface area contributed by atoms with Gasteiger partial charge < -0.3 is 5.32 Å². The van der Waals surface area contributed by atoms with Crippen molar-refractivity contribution in [2.45, 2.75) is 51.9 Å². The number of nitrogens with zero attached hydrogens (tertiary/aromatic N) is 2. The number of benzene rings is 1. The van der Waals surface area contributed by atoms with Crippen molar-refractivity contribution in [3.8, 4) is 0 Å². The molecule has 0 bridgehead atoms. The number of fused-ring (bicyclic) bond motifs is 2. The van der Waals surface area contributed by atoms with Crippen molar-refractivity contribution in [3.63, 3.8) is 0 Å². The van der Waals surface area contributed by atoms with E-state index < -0.39 is 0 Å². The quantitative estimate of drug-likeness (QED) is 0.691. The number of allylic oxidation sites excluding steroid dienone is 1. The molecular weight excluding hydrogens is 390 g/mol. The molecule has 2 heterocycles. The van der Waals surface area contributed by atoms with E-state index in [1.54, 1.807) is 0 Å². The highest BCUT2D eigenvalue weighted by atomic mass is 32.1. The lowest BCUT2D eigenvalue weighted by atomic mass is 9.97. The Kier molecular flexibility index (Phi) is 6.28. The van der Waals surface area contributed by atoms with E-state index in [2.05, 4.69) is 50.0 Å². The minimum Gasteiger partial charge on any atom is -0.350 e. The van der Waals surface area contributed by atoms with Crippen molar-refractivity contribution in [2.24, 2.45) is 10.9 Å². The van der Waals surface area contributed by atoms with Crippen LogP contribution in [0.3, 0.4) is 0 Å². The third kappa shape index (κ3) is 4.31. The van der Waals surface area contributed by atoms with E-state index >= 15 is 0 Å². The summed E-state index contributed by atoms with van der Waals surface area (Å²) < 4.78 is 0.974. The number of carbonyl (C=O) groups excluding carboxylic acids is 1. The number of hydrogen-bond acceptors (Lipinski definition) is 4. The van der Waals surface area contributed by atoms with Crippen molar-refractivity contribution >= 4 is 35.2 Å². The Morgan fingerprint density at radius 3 is 3.03 bits per heavy atom. The molecule has 1 amide bonds. The number of thiazole rings is 1. The maximum atomic E-state index is 12.7. The van der Waals surface area contributed by atoms with Crippen LogP contribution in [0, 0.1) is 5.92 Å². The second kappa shape index (κ2) is 9.09. The summed E-state index contributed by atoms with van der Waals surface area (Å²) in [6, 6.07) is 8.57. The number of aliphatic imine (C=N–C) groups is 1. The maximum absolute atomic E-state index is 12.7. The van der Waals surface area contributed by atoms with E-state index in [4.69, 9.17) is 9.98 Å². The number of carbonyl (C=O) groups is 1.